The molecule has 0 spiro atoms. The van der Waals surface area contributed by atoms with Gasteiger partial charge in [0.2, 0.25) is 5.91 Å². The number of alkyl carbamates (subject to hydrolysis) is 1. The standard InChI is InChI=1S/C35H44Cl2FN3O3/c1-6-8-31(25(2)38)26-17-21-41(22-18-26)20-7-19-35(27-9-13-29(36)14-10-27,28-11-15-30(37)16-12-28)24-40-32(42)23-39-33(43)44-34(3,4)5/h6,8-16,26H,1-2,7,17-24H2,3-5H3,(H,39,43)(H,40,42)/b31-8+. The number of nitrogens with one attached hydrogen (secondary N) is 2. The van der Waals surface area contributed by atoms with Crippen LogP contribution in [-0.2, 0) is 14.9 Å². The van der Waals surface area contributed by atoms with Crippen molar-refractivity contribution in [2.24, 2.45) is 5.92 Å². The smallest absolute Gasteiger partial charge is 0.408 e. The van der Waals surface area contributed by atoms with Gasteiger partial charge in [-0.3, -0.25) is 4.79 Å². The number of carbonyl (C=O) groups is 2. The number of carbonyl (C=O) groups excluding carboxylic acids is 2. The van der Waals surface area contributed by atoms with Crippen molar-refractivity contribution >= 4 is 35.2 Å². The highest BCUT2D eigenvalue weighted by Crippen LogP contribution is 2.38. The number of allylic oxidation sites excluding steroid dienone is 4. The summed E-state index contributed by atoms with van der Waals surface area (Å²) >= 11 is 12.5. The molecule has 2 aromatic rings. The van der Waals surface area contributed by atoms with Gasteiger partial charge in [0.25, 0.3) is 0 Å². The van der Waals surface area contributed by atoms with E-state index in [0.717, 1.165) is 56.4 Å². The molecule has 1 heterocycles. The summed E-state index contributed by atoms with van der Waals surface area (Å²) in [7, 11) is 0. The van der Waals surface area contributed by atoms with E-state index in [4.69, 9.17) is 27.9 Å². The first-order valence-corrected chi connectivity index (χ1v) is 15.7. The molecule has 0 radical (unpaired) electrons. The van der Waals surface area contributed by atoms with E-state index < -0.39 is 17.1 Å². The lowest BCUT2D eigenvalue weighted by Gasteiger charge is -2.37. The number of nitrogens with zero attached hydrogens (tertiary/aromatic N) is 1. The van der Waals surface area contributed by atoms with Crippen LogP contribution >= 0.6 is 23.2 Å². The third-order valence-electron chi connectivity index (χ3n) is 7.89. The molecule has 0 atom stereocenters. The Balaban J connectivity index is 1.77. The van der Waals surface area contributed by atoms with E-state index in [0.29, 0.717) is 22.2 Å². The molecule has 1 aliphatic rings. The van der Waals surface area contributed by atoms with E-state index in [1.165, 1.54) is 0 Å². The van der Waals surface area contributed by atoms with Gasteiger partial charge in [-0.15, -0.1) is 0 Å². The minimum absolute atomic E-state index is 0.133. The highest BCUT2D eigenvalue weighted by Gasteiger charge is 2.35. The molecular formula is C35H44Cl2FN3O3. The monoisotopic (exact) mass is 643 g/mol. The SMILES string of the molecule is C=C/C=C(\C(=C)F)C1CCN(CCCC(CNC(=O)CNC(=O)OC(C)(C)C)(c2ccc(Cl)cc2)c2ccc(Cl)cc2)CC1. The summed E-state index contributed by atoms with van der Waals surface area (Å²) in [5.41, 5.74) is 1.38. The van der Waals surface area contributed by atoms with Crippen molar-refractivity contribution in [3.63, 3.8) is 0 Å². The fourth-order valence-corrected chi connectivity index (χ4v) is 5.96. The van der Waals surface area contributed by atoms with Crippen LogP contribution in [0.25, 0.3) is 0 Å². The van der Waals surface area contributed by atoms with Gasteiger partial charge in [-0.2, -0.15) is 0 Å². The molecule has 0 saturated carbocycles. The molecule has 1 aliphatic heterocycles. The van der Waals surface area contributed by atoms with Crippen LogP contribution < -0.4 is 10.6 Å². The van der Waals surface area contributed by atoms with E-state index >= 15 is 0 Å². The normalized spacial score (nSPS) is 15.0. The molecule has 0 unspecified atom stereocenters. The summed E-state index contributed by atoms with van der Waals surface area (Å²) in [6, 6.07) is 15.4. The number of hydrogen-bond acceptors (Lipinski definition) is 4. The van der Waals surface area contributed by atoms with Gasteiger partial charge >= 0.3 is 6.09 Å². The largest absolute Gasteiger partial charge is 0.444 e. The van der Waals surface area contributed by atoms with Crippen molar-refractivity contribution in [3.05, 3.63) is 106 Å². The van der Waals surface area contributed by atoms with E-state index in [1.54, 1.807) is 32.9 Å². The molecule has 0 bridgehead atoms. The Morgan fingerprint density at radius 3 is 2.02 bits per heavy atom. The topological polar surface area (TPSA) is 70.7 Å². The predicted octanol–water partition coefficient (Wildman–Crippen LogP) is 8.01. The van der Waals surface area contributed by atoms with E-state index in [9.17, 15) is 14.0 Å². The molecule has 2 N–H and O–H groups in total. The second kappa shape index (κ2) is 16.3. The Hall–Kier alpha value is -3.13. The number of piperidine rings is 1. The van der Waals surface area contributed by atoms with Gasteiger partial charge in [-0.25, -0.2) is 9.18 Å². The van der Waals surface area contributed by atoms with Gasteiger partial charge in [-0.05, 0) is 113 Å². The van der Waals surface area contributed by atoms with Crippen LogP contribution in [0.15, 0.2) is 85.2 Å². The van der Waals surface area contributed by atoms with Crippen LogP contribution in [0.2, 0.25) is 10.0 Å². The van der Waals surface area contributed by atoms with Crippen LogP contribution in [0.1, 0.15) is 57.6 Å². The van der Waals surface area contributed by atoms with Gasteiger partial charge in [0.05, 0.1) is 6.54 Å². The van der Waals surface area contributed by atoms with Gasteiger partial charge in [0.15, 0.2) is 0 Å². The number of likely N-dealkylation sites (tertiary alicyclic amines) is 1. The van der Waals surface area contributed by atoms with Crippen LogP contribution in [0.4, 0.5) is 9.18 Å². The van der Waals surface area contributed by atoms with E-state index in [1.807, 2.05) is 48.5 Å². The Morgan fingerprint density at radius 2 is 1.55 bits per heavy atom. The van der Waals surface area contributed by atoms with Gasteiger partial charge in [-0.1, -0.05) is 72.8 Å². The molecule has 9 heteroatoms. The quantitative estimate of drug-likeness (QED) is 0.217. The van der Waals surface area contributed by atoms with Crippen molar-refractivity contribution in [2.45, 2.75) is 57.5 Å². The fraction of sp³-hybridized carbons (Fsp3) is 0.429. The fourth-order valence-electron chi connectivity index (χ4n) is 5.71. The lowest BCUT2D eigenvalue weighted by molar-refractivity contribution is -0.120. The van der Waals surface area contributed by atoms with Crippen LogP contribution in [0.3, 0.4) is 0 Å². The first-order valence-electron chi connectivity index (χ1n) is 15.0. The number of amides is 2. The zero-order valence-corrected chi connectivity index (χ0v) is 27.4. The second-order valence-corrected chi connectivity index (χ2v) is 13.1. The Labute approximate surface area is 271 Å². The molecular weight excluding hydrogens is 600 g/mol. The third-order valence-corrected chi connectivity index (χ3v) is 8.39. The average Bonchev–Trinajstić information content (AvgIpc) is 2.97. The molecule has 1 saturated heterocycles. The van der Waals surface area contributed by atoms with E-state index in [-0.39, 0.29) is 24.2 Å². The lowest BCUT2D eigenvalue weighted by atomic mass is 9.71. The van der Waals surface area contributed by atoms with Gasteiger partial charge < -0.3 is 20.3 Å². The van der Waals surface area contributed by atoms with Crippen molar-refractivity contribution in [1.82, 2.24) is 15.5 Å². The maximum absolute atomic E-state index is 14.0. The molecule has 3 rings (SSSR count). The molecule has 1 fully saturated rings. The lowest BCUT2D eigenvalue weighted by Crippen LogP contribution is -2.46. The second-order valence-electron chi connectivity index (χ2n) is 12.2. The number of hydrogen-bond donors (Lipinski definition) is 2. The number of rotatable bonds is 13. The Kier molecular flexibility index (Phi) is 13.1. The van der Waals surface area contributed by atoms with Crippen LogP contribution in [0.5, 0.6) is 0 Å². The van der Waals surface area contributed by atoms with Crippen LogP contribution in [0, 0.1) is 5.92 Å². The molecule has 2 aromatic carbocycles. The molecule has 44 heavy (non-hydrogen) atoms. The summed E-state index contributed by atoms with van der Waals surface area (Å²) in [6.45, 7) is 15.1. The number of benzene rings is 2. The van der Waals surface area contributed by atoms with Crippen molar-refractivity contribution in [2.75, 3.05) is 32.7 Å². The Bertz CT molecular complexity index is 1270. The summed E-state index contributed by atoms with van der Waals surface area (Å²) < 4.78 is 19.3. The molecule has 2 amide bonds. The average molecular weight is 645 g/mol. The van der Waals surface area contributed by atoms with Crippen molar-refractivity contribution in [1.29, 1.82) is 0 Å². The van der Waals surface area contributed by atoms with Gasteiger partial charge in [0, 0.05) is 22.0 Å². The minimum Gasteiger partial charge on any atom is -0.444 e. The molecule has 0 aliphatic carbocycles. The van der Waals surface area contributed by atoms with Crippen LogP contribution in [-0.4, -0.2) is 55.2 Å². The summed E-state index contributed by atoms with van der Waals surface area (Å²) in [6.07, 6.45) is 5.96. The van der Waals surface area contributed by atoms with Crippen molar-refractivity contribution in [3.8, 4) is 0 Å². The zero-order valence-electron chi connectivity index (χ0n) is 25.9. The third kappa shape index (κ3) is 10.5. The highest BCUT2D eigenvalue weighted by atomic mass is 35.5. The minimum atomic E-state index is -0.666. The van der Waals surface area contributed by atoms with E-state index in [2.05, 4.69) is 28.7 Å². The summed E-state index contributed by atoms with van der Waals surface area (Å²) in [4.78, 5) is 27.5. The summed E-state index contributed by atoms with van der Waals surface area (Å²) in [5.74, 6) is -0.584. The number of halogens is 3. The molecule has 238 valence electrons. The molecule has 6 nitrogen and oxygen atoms in total. The van der Waals surface area contributed by atoms with Crippen molar-refractivity contribution < 1.29 is 18.7 Å². The highest BCUT2D eigenvalue weighted by molar-refractivity contribution is 6.30. The first kappa shape index (κ1) is 35.4. The maximum Gasteiger partial charge on any atom is 0.408 e. The zero-order chi connectivity index (χ0) is 32.3. The Morgan fingerprint density at radius 1 is 1.00 bits per heavy atom. The van der Waals surface area contributed by atoms with Gasteiger partial charge in [0.1, 0.15) is 11.4 Å². The predicted molar refractivity (Wildman–Crippen MR) is 178 cm³/mol. The maximum atomic E-state index is 14.0. The first-order chi connectivity index (χ1) is 20.8. The summed E-state index contributed by atoms with van der Waals surface area (Å²) in [5, 5.41) is 6.82. The number of ether oxygens (including phenoxy) is 1. The molecule has 0 aromatic heterocycles.